The van der Waals surface area contributed by atoms with Crippen molar-refractivity contribution in [2.24, 2.45) is 0 Å². The van der Waals surface area contributed by atoms with Crippen LogP contribution in [0.3, 0.4) is 0 Å². The molecule has 0 aliphatic heterocycles. The number of ether oxygens (including phenoxy) is 2. The van der Waals surface area contributed by atoms with Crippen molar-refractivity contribution in [2.45, 2.75) is 13.0 Å². The predicted molar refractivity (Wildman–Crippen MR) is 140 cm³/mol. The number of carbonyl (C=O) groups excluding carboxylic acids is 1. The second-order valence-corrected chi connectivity index (χ2v) is 8.65. The Kier molecular flexibility index (Phi) is 9.85. The van der Waals surface area contributed by atoms with E-state index in [1.807, 2.05) is 73.6 Å². The van der Waals surface area contributed by atoms with Gasteiger partial charge in [-0.15, -0.1) is 0 Å². The standard InChI is InChI=1S/C28H33N3O5/c1-30(19-22-11-10-21(28(33)34)18-26(22)35-3)16-7-17-31(2)20-27(32)29-23-12-14-25(15-13-23)36-24-8-5-4-6-9-24/h4-6,8-15,18H,7,16-17,19-20H2,1-3H3,(H,29,32)(H,33,34). The third kappa shape index (κ3) is 8.41. The number of rotatable bonds is 13. The quantitative estimate of drug-likeness (QED) is 0.362. The number of hydrogen-bond acceptors (Lipinski definition) is 6. The van der Waals surface area contributed by atoms with Crippen molar-refractivity contribution in [1.82, 2.24) is 9.80 Å². The van der Waals surface area contributed by atoms with Crippen molar-refractivity contribution in [3.63, 3.8) is 0 Å². The second-order valence-electron chi connectivity index (χ2n) is 8.65. The molecule has 8 nitrogen and oxygen atoms in total. The lowest BCUT2D eigenvalue weighted by molar-refractivity contribution is -0.117. The molecular formula is C28H33N3O5. The molecule has 0 saturated heterocycles. The average molecular weight is 492 g/mol. The van der Waals surface area contributed by atoms with Gasteiger partial charge in [-0.25, -0.2) is 4.79 Å². The van der Waals surface area contributed by atoms with Crippen LogP contribution in [-0.4, -0.2) is 67.6 Å². The van der Waals surface area contributed by atoms with E-state index in [1.54, 1.807) is 18.2 Å². The van der Waals surface area contributed by atoms with Crippen molar-refractivity contribution in [1.29, 1.82) is 0 Å². The van der Waals surface area contributed by atoms with E-state index in [2.05, 4.69) is 10.2 Å². The van der Waals surface area contributed by atoms with E-state index >= 15 is 0 Å². The van der Waals surface area contributed by atoms with Gasteiger partial charge in [0, 0.05) is 17.8 Å². The fourth-order valence-corrected chi connectivity index (χ4v) is 3.74. The molecule has 190 valence electrons. The maximum Gasteiger partial charge on any atom is 0.335 e. The summed E-state index contributed by atoms with van der Waals surface area (Å²) in [4.78, 5) is 27.7. The Morgan fingerprint density at radius 1 is 0.889 bits per heavy atom. The predicted octanol–water partition coefficient (Wildman–Crippen LogP) is 4.58. The van der Waals surface area contributed by atoms with Crippen LogP contribution in [0.5, 0.6) is 17.2 Å². The number of benzene rings is 3. The molecular weight excluding hydrogens is 458 g/mol. The van der Waals surface area contributed by atoms with Crippen molar-refractivity contribution in [3.05, 3.63) is 83.9 Å². The summed E-state index contributed by atoms with van der Waals surface area (Å²) in [7, 11) is 5.46. The maximum absolute atomic E-state index is 12.4. The Hall–Kier alpha value is -3.88. The van der Waals surface area contributed by atoms with Gasteiger partial charge < -0.3 is 24.8 Å². The zero-order chi connectivity index (χ0) is 25.9. The zero-order valence-electron chi connectivity index (χ0n) is 20.9. The third-order valence-electron chi connectivity index (χ3n) is 5.58. The fraction of sp³-hybridized carbons (Fsp3) is 0.286. The lowest BCUT2D eigenvalue weighted by Crippen LogP contribution is -2.32. The first-order valence-corrected chi connectivity index (χ1v) is 11.7. The average Bonchev–Trinajstić information content (AvgIpc) is 2.86. The number of carboxylic acids is 1. The molecule has 0 aromatic heterocycles. The number of hydrogen-bond donors (Lipinski definition) is 2. The van der Waals surface area contributed by atoms with Crippen LogP contribution in [0.15, 0.2) is 72.8 Å². The molecule has 0 atom stereocenters. The SMILES string of the molecule is COc1cc(C(=O)O)ccc1CN(C)CCCN(C)CC(=O)Nc1ccc(Oc2ccccc2)cc1. The smallest absolute Gasteiger partial charge is 0.335 e. The number of methoxy groups -OCH3 is 1. The highest BCUT2D eigenvalue weighted by Gasteiger charge is 2.12. The molecule has 0 heterocycles. The summed E-state index contributed by atoms with van der Waals surface area (Å²) in [5.41, 5.74) is 1.85. The molecule has 36 heavy (non-hydrogen) atoms. The number of nitrogens with zero attached hydrogens (tertiary/aromatic N) is 2. The number of carboxylic acid groups (broad SMARTS) is 1. The van der Waals surface area contributed by atoms with E-state index in [0.29, 0.717) is 18.0 Å². The van der Waals surface area contributed by atoms with Gasteiger partial charge in [0.15, 0.2) is 0 Å². The lowest BCUT2D eigenvalue weighted by Gasteiger charge is -2.21. The van der Waals surface area contributed by atoms with Crippen molar-refractivity contribution in [2.75, 3.05) is 46.2 Å². The summed E-state index contributed by atoms with van der Waals surface area (Å²) in [6.45, 7) is 2.50. The van der Waals surface area contributed by atoms with Gasteiger partial charge in [0.2, 0.25) is 5.91 Å². The van der Waals surface area contributed by atoms with Gasteiger partial charge in [0.25, 0.3) is 0 Å². The fourth-order valence-electron chi connectivity index (χ4n) is 3.74. The highest BCUT2D eigenvalue weighted by molar-refractivity contribution is 5.92. The number of carbonyl (C=O) groups is 2. The molecule has 0 fully saturated rings. The van der Waals surface area contributed by atoms with Crippen LogP contribution in [0.25, 0.3) is 0 Å². The first-order valence-electron chi connectivity index (χ1n) is 11.7. The lowest BCUT2D eigenvalue weighted by atomic mass is 10.1. The Morgan fingerprint density at radius 2 is 1.56 bits per heavy atom. The summed E-state index contributed by atoms with van der Waals surface area (Å²) in [6.07, 6.45) is 0.876. The Morgan fingerprint density at radius 3 is 2.22 bits per heavy atom. The topological polar surface area (TPSA) is 91.3 Å². The minimum Gasteiger partial charge on any atom is -0.496 e. The maximum atomic E-state index is 12.4. The molecule has 8 heteroatoms. The van der Waals surface area contributed by atoms with E-state index in [4.69, 9.17) is 14.6 Å². The van der Waals surface area contributed by atoms with Crippen LogP contribution in [-0.2, 0) is 11.3 Å². The van der Waals surface area contributed by atoms with Gasteiger partial charge in [0.05, 0.1) is 19.2 Å². The highest BCUT2D eigenvalue weighted by atomic mass is 16.5. The summed E-state index contributed by atoms with van der Waals surface area (Å²) in [6, 6.07) is 21.7. The van der Waals surface area contributed by atoms with Crippen LogP contribution in [0, 0.1) is 0 Å². The van der Waals surface area contributed by atoms with Gasteiger partial charge in [-0.3, -0.25) is 9.69 Å². The summed E-state index contributed by atoms with van der Waals surface area (Å²) in [5, 5.41) is 12.1. The Balaban J connectivity index is 1.38. The van der Waals surface area contributed by atoms with E-state index < -0.39 is 5.97 Å². The number of amides is 1. The molecule has 1 amide bonds. The van der Waals surface area contributed by atoms with Gasteiger partial charge in [-0.2, -0.15) is 0 Å². The van der Waals surface area contributed by atoms with E-state index in [0.717, 1.165) is 36.5 Å². The van der Waals surface area contributed by atoms with Crippen LogP contribution < -0.4 is 14.8 Å². The van der Waals surface area contributed by atoms with Crippen LogP contribution in [0.2, 0.25) is 0 Å². The summed E-state index contributed by atoms with van der Waals surface area (Å²) in [5.74, 6) is 0.975. The monoisotopic (exact) mass is 491 g/mol. The summed E-state index contributed by atoms with van der Waals surface area (Å²) < 4.78 is 11.1. The number of para-hydroxylation sites is 1. The molecule has 3 aromatic rings. The molecule has 3 aromatic carbocycles. The van der Waals surface area contributed by atoms with Gasteiger partial charge in [-0.05, 0) is 82.1 Å². The number of likely N-dealkylation sites (N-methyl/N-ethyl adjacent to an activating group) is 1. The molecule has 0 unspecified atom stereocenters. The van der Waals surface area contributed by atoms with Crippen molar-refractivity contribution >= 4 is 17.6 Å². The molecule has 0 spiro atoms. The van der Waals surface area contributed by atoms with Crippen molar-refractivity contribution in [3.8, 4) is 17.2 Å². The third-order valence-corrected chi connectivity index (χ3v) is 5.58. The molecule has 0 aliphatic carbocycles. The van der Waals surface area contributed by atoms with Crippen LogP contribution in [0.1, 0.15) is 22.3 Å². The molecule has 0 bridgehead atoms. The van der Waals surface area contributed by atoms with Crippen LogP contribution in [0.4, 0.5) is 5.69 Å². The van der Waals surface area contributed by atoms with Gasteiger partial charge >= 0.3 is 5.97 Å². The molecule has 3 rings (SSSR count). The minimum atomic E-state index is -0.977. The minimum absolute atomic E-state index is 0.0779. The Bertz CT molecular complexity index is 1140. The van der Waals surface area contributed by atoms with Gasteiger partial charge in [0.1, 0.15) is 17.2 Å². The Labute approximate surface area is 212 Å². The van der Waals surface area contributed by atoms with Crippen LogP contribution >= 0.6 is 0 Å². The van der Waals surface area contributed by atoms with Crippen molar-refractivity contribution < 1.29 is 24.2 Å². The van der Waals surface area contributed by atoms with Gasteiger partial charge in [-0.1, -0.05) is 24.3 Å². The largest absolute Gasteiger partial charge is 0.496 e. The molecule has 0 aliphatic rings. The second kappa shape index (κ2) is 13.3. The van der Waals surface area contributed by atoms with E-state index in [1.165, 1.54) is 7.11 Å². The normalized spacial score (nSPS) is 10.9. The molecule has 2 N–H and O–H groups in total. The van der Waals surface area contributed by atoms with E-state index in [9.17, 15) is 9.59 Å². The van der Waals surface area contributed by atoms with E-state index in [-0.39, 0.29) is 18.0 Å². The number of aromatic carboxylic acids is 1. The highest BCUT2D eigenvalue weighted by Crippen LogP contribution is 2.23. The summed E-state index contributed by atoms with van der Waals surface area (Å²) >= 11 is 0. The number of anilines is 1. The first-order chi connectivity index (χ1) is 17.3. The molecule has 0 saturated carbocycles. The first kappa shape index (κ1) is 26.7. The molecule has 0 radical (unpaired) electrons. The number of nitrogens with one attached hydrogen (secondary N) is 1. The zero-order valence-corrected chi connectivity index (χ0v) is 20.9.